The summed E-state index contributed by atoms with van der Waals surface area (Å²) in [6.45, 7) is 5.46. The third kappa shape index (κ3) is 3.72. The molecule has 1 N–H and O–H groups in total. The predicted molar refractivity (Wildman–Crippen MR) is 77.7 cm³/mol. The third-order valence-electron chi connectivity index (χ3n) is 2.86. The van der Waals surface area contributed by atoms with Gasteiger partial charge in [-0.15, -0.1) is 0 Å². The summed E-state index contributed by atoms with van der Waals surface area (Å²) >= 11 is 5.55. The Balaban J connectivity index is 3.47. The lowest BCUT2D eigenvalue weighted by atomic mass is 10.2. The first-order chi connectivity index (χ1) is 9.62. The van der Waals surface area contributed by atoms with Crippen LogP contribution in [0.3, 0.4) is 0 Å². The highest BCUT2D eigenvalue weighted by atomic mass is 35.5. The van der Waals surface area contributed by atoms with Crippen molar-refractivity contribution >= 4 is 27.6 Å². The van der Waals surface area contributed by atoms with Crippen LogP contribution in [0, 0.1) is 5.82 Å². The molecule has 0 aromatic heterocycles. The quantitative estimate of drug-likeness (QED) is 0.866. The minimum absolute atomic E-state index is 0.257. The maximum absolute atomic E-state index is 13.7. The SMILES string of the molecule is CCCN(C(C)C)S(=O)(=O)c1cc(F)c(Cl)c(C(=O)O)c1. The highest BCUT2D eigenvalue weighted by molar-refractivity contribution is 7.89. The first kappa shape index (κ1) is 17.9. The molecule has 0 amide bonds. The molecule has 0 heterocycles. The highest BCUT2D eigenvalue weighted by Crippen LogP contribution is 2.27. The fourth-order valence-electron chi connectivity index (χ4n) is 1.88. The lowest BCUT2D eigenvalue weighted by molar-refractivity contribution is 0.0696. The standard InChI is InChI=1S/C13H17ClFNO4S/c1-4-5-16(8(2)3)21(19,20)9-6-10(13(17)18)12(14)11(15)7-9/h6-8H,4-5H2,1-3H3,(H,17,18). The van der Waals surface area contributed by atoms with Gasteiger partial charge in [-0.3, -0.25) is 0 Å². The molecule has 0 aliphatic heterocycles. The Morgan fingerprint density at radius 3 is 2.43 bits per heavy atom. The average Bonchev–Trinajstić information content (AvgIpc) is 2.37. The molecule has 0 bridgehead atoms. The Labute approximate surface area is 128 Å². The maximum atomic E-state index is 13.7. The van der Waals surface area contributed by atoms with E-state index in [1.165, 1.54) is 4.31 Å². The zero-order valence-electron chi connectivity index (χ0n) is 11.9. The molecule has 0 saturated carbocycles. The summed E-state index contributed by atoms with van der Waals surface area (Å²) in [4.78, 5) is 10.6. The summed E-state index contributed by atoms with van der Waals surface area (Å²) in [5.74, 6) is -2.56. The molecule has 5 nitrogen and oxygen atoms in total. The first-order valence-corrected chi connectivity index (χ1v) is 8.18. The van der Waals surface area contributed by atoms with E-state index in [0.717, 1.165) is 12.1 Å². The zero-order chi connectivity index (χ0) is 16.4. The Morgan fingerprint density at radius 1 is 1.43 bits per heavy atom. The van der Waals surface area contributed by atoms with E-state index in [1.807, 2.05) is 6.92 Å². The number of halogens is 2. The van der Waals surface area contributed by atoms with Crippen LogP contribution in [0.25, 0.3) is 0 Å². The van der Waals surface area contributed by atoms with Crippen molar-refractivity contribution in [2.45, 2.75) is 38.1 Å². The van der Waals surface area contributed by atoms with Crippen LogP contribution in [0.5, 0.6) is 0 Å². The molecular weight excluding hydrogens is 321 g/mol. The van der Waals surface area contributed by atoms with Crippen molar-refractivity contribution in [1.82, 2.24) is 4.31 Å². The molecular formula is C13H17ClFNO4S. The largest absolute Gasteiger partial charge is 0.478 e. The topological polar surface area (TPSA) is 74.7 Å². The van der Waals surface area contributed by atoms with E-state index in [2.05, 4.69) is 0 Å². The van der Waals surface area contributed by atoms with Crippen LogP contribution in [-0.4, -0.2) is 36.4 Å². The van der Waals surface area contributed by atoms with Gasteiger partial charge in [-0.2, -0.15) is 4.31 Å². The van der Waals surface area contributed by atoms with Crippen LogP contribution in [0.2, 0.25) is 5.02 Å². The molecule has 0 spiro atoms. The average molecular weight is 338 g/mol. The van der Waals surface area contributed by atoms with Gasteiger partial charge in [0, 0.05) is 12.6 Å². The normalized spacial score (nSPS) is 12.1. The number of hydrogen-bond acceptors (Lipinski definition) is 3. The van der Waals surface area contributed by atoms with Crippen LogP contribution in [0.4, 0.5) is 4.39 Å². The summed E-state index contributed by atoms with van der Waals surface area (Å²) in [5.41, 5.74) is -0.574. The van der Waals surface area contributed by atoms with Crippen molar-refractivity contribution in [2.75, 3.05) is 6.54 Å². The zero-order valence-corrected chi connectivity index (χ0v) is 13.5. The van der Waals surface area contributed by atoms with Gasteiger partial charge < -0.3 is 5.11 Å². The molecule has 0 atom stereocenters. The Bertz CT molecular complexity index is 646. The van der Waals surface area contributed by atoms with Crippen LogP contribution < -0.4 is 0 Å². The molecule has 0 fully saturated rings. The molecule has 1 aromatic carbocycles. The van der Waals surface area contributed by atoms with Crippen LogP contribution >= 0.6 is 11.6 Å². The van der Waals surface area contributed by atoms with E-state index in [-0.39, 0.29) is 12.6 Å². The van der Waals surface area contributed by atoms with Gasteiger partial charge in [0.05, 0.1) is 15.5 Å². The molecule has 0 radical (unpaired) electrons. The van der Waals surface area contributed by atoms with Gasteiger partial charge in [0.25, 0.3) is 0 Å². The van der Waals surface area contributed by atoms with Crippen LogP contribution in [0.15, 0.2) is 17.0 Å². The van der Waals surface area contributed by atoms with E-state index in [9.17, 15) is 17.6 Å². The number of aromatic carboxylic acids is 1. The number of sulfonamides is 1. The Hall–Kier alpha value is -1.18. The molecule has 21 heavy (non-hydrogen) atoms. The van der Waals surface area contributed by atoms with Gasteiger partial charge in [-0.1, -0.05) is 18.5 Å². The Kier molecular flexibility index (Phi) is 5.72. The molecule has 0 saturated heterocycles. The number of nitrogens with zero attached hydrogens (tertiary/aromatic N) is 1. The lowest BCUT2D eigenvalue weighted by Gasteiger charge is -2.25. The Morgan fingerprint density at radius 2 is 2.00 bits per heavy atom. The number of hydrogen-bond donors (Lipinski definition) is 1. The van der Waals surface area contributed by atoms with Crippen LogP contribution in [-0.2, 0) is 10.0 Å². The second kappa shape index (κ2) is 6.72. The van der Waals surface area contributed by atoms with Crippen molar-refractivity contribution < 1.29 is 22.7 Å². The summed E-state index contributed by atoms with van der Waals surface area (Å²) in [6, 6.07) is 1.30. The summed E-state index contributed by atoms with van der Waals surface area (Å²) in [5, 5.41) is 8.37. The summed E-state index contributed by atoms with van der Waals surface area (Å²) < 4.78 is 39.9. The van der Waals surface area contributed by atoms with Crippen LogP contribution in [0.1, 0.15) is 37.6 Å². The van der Waals surface area contributed by atoms with Gasteiger partial charge in [0.2, 0.25) is 10.0 Å². The molecule has 118 valence electrons. The van der Waals surface area contributed by atoms with Gasteiger partial charge in [0.1, 0.15) is 5.82 Å². The van der Waals surface area contributed by atoms with Gasteiger partial charge in [-0.05, 0) is 32.4 Å². The minimum Gasteiger partial charge on any atom is -0.478 e. The molecule has 0 aliphatic rings. The van der Waals surface area contributed by atoms with Gasteiger partial charge >= 0.3 is 5.97 Å². The number of carbonyl (C=O) groups is 1. The monoisotopic (exact) mass is 337 g/mol. The summed E-state index contributed by atoms with van der Waals surface area (Å²) in [6.07, 6.45) is 0.583. The van der Waals surface area contributed by atoms with Crippen molar-refractivity contribution in [2.24, 2.45) is 0 Å². The van der Waals surface area contributed by atoms with E-state index in [0.29, 0.717) is 6.42 Å². The minimum atomic E-state index is -3.99. The molecule has 8 heteroatoms. The van der Waals surface area contributed by atoms with Crippen molar-refractivity contribution in [3.8, 4) is 0 Å². The number of rotatable bonds is 6. The number of carboxylic acid groups (broad SMARTS) is 1. The lowest BCUT2D eigenvalue weighted by Crippen LogP contribution is -2.37. The number of carboxylic acids is 1. The van der Waals surface area contributed by atoms with Crippen molar-refractivity contribution in [1.29, 1.82) is 0 Å². The third-order valence-corrected chi connectivity index (χ3v) is 5.30. The van der Waals surface area contributed by atoms with Gasteiger partial charge in [0.15, 0.2) is 0 Å². The number of benzene rings is 1. The second-order valence-corrected chi connectivity index (χ2v) is 7.05. The molecule has 0 unspecified atom stereocenters. The van der Waals surface area contributed by atoms with Gasteiger partial charge in [-0.25, -0.2) is 17.6 Å². The molecule has 1 rings (SSSR count). The fourth-order valence-corrected chi connectivity index (χ4v) is 3.84. The van der Waals surface area contributed by atoms with Crippen molar-refractivity contribution in [3.63, 3.8) is 0 Å². The fraction of sp³-hybridized carbons (Fsp3) is 0.462. The maximum Gasteiger partial charge on any atom is 0.337 e. The van der Waals surface area contributed by atoms with E-state index >= 15 is 0 Å². The van der Waals surface area contributed by atoms with Crippen molar-refractivity contribution in [3.05, 3.63) is 28.5 Å². The first-order valence-electron chi connectivity index (χ1n) is 6.37. The van der Waals surface area contributed by atoms with E-state index < -0.39 is 37.3 Å². The molecule has 1 aromatic rings. The van der Waals surface area contributed by atoms with E-state index in [1.54, 1.807) is 13.8 Å². The molecule has 0 aliphatic carbocycles. The van der Waals surface area contributed by atoms with E-state index in [4.69, 9.17) is 16.7 Å². The highest BCUT2D eigenvalue weighted by Gasteiger charge is 2.29. The predicted octanol–water partition coefficient (Wildman–Crippen LogP) is 2.99. The summed E-state index contributed by atoms with van der Waals surface area (Å²) in [7, 11) is -3.99. The second-order valence-electron chi connectivity index (χ2n) is 4.78. The smallest absolute Gasteiger partial charge is 0.337 e.